The van der Waals surface area contributed by atoms with E-state index in [4.69, 9.17) is 4.74 Å². The molecule has 1 fully saturated rings. The van der Waals surface area contributed by atoms with Crippen molar-refractivity contribution in [3.63, 3.8) is 0 Å². The number of hydrogen-bond acceptors (Lipinski definition) is 2. The third-order valence-corrected chi connectivity index (χ3v) is 1.79. The van der Waals surface area contributed by atoms with Crippen LogP contribution in [0.25, 0.3) is 0 Å². The van der Waals surface area contributed by atoms with Gasteiger partial charge in [-0.05, 0) is 19.8 Å². The smallest absolute Gasteiger partial charge is 0.249 e. The highest BCUT2D eigenvalue weighted by molar-refractivity contribution is 5.81. The molecule has 3 heteroatoms. The molecule has 0 saturated carbocycles. The van der Waals surface area contributed by atoms with E-state index in [9.17, 15) is 4.79 Å². The quantitative estimate of drug-likeness (QED) is 0.636. The summed E-state index contributed by atoms with van der Waals surface area (Å²) in [7, 11) is 0. The van der Waals surface area contributed by atoms with Gasteiger partial charge in [0.15, 0.2) is 0 Å². The van der Waals surface area contributed by atoms with Gasteiger partial charge in [0, 0.05) is 13.2 Å². The van der Waals surface area contributed by atoms with Crippen molar-refractivity contribution in [2.45, 2.75) is 25.9 Å². The Balaban J connectivity index is 2.23. The summed E-state index contributed by atoms with van der Waals surface area (Å²) in [5.74, 6) is -0.00417. The Labute approximate surface area is 72.8 Å². The molecule has 0 spiro atoms. The molecule has 1 amide bonds. The molecule has 1 rings (SSSR count). The number of ether oxygens (including phenoxy) is 1. The van der Waals surface area contributed by atoms with Gasteiger partial charge in [-0.3, -0.25) is 4.79 Å². The van der Waals surface area contributed by atoms with Gasteiger partial charge >= 0.3 is 0 Å². The Kier molecular flexibility index (Phi) is 3.29. The van der Waals surface area contributed by atoms with Gasteiger partial charge in [-0.2, -0.15) is 0 Å². The molecular formula is C9H15NO2. The lowest BCUT2D eigenvalue weighted by atomic mass is 10.2. The minimum absolute atomic E-state index is 0.00417. The van der Waals surface area contributed by atoms with E-state index in [1.807, 2.05) is 6.92 Å². The molecule has 1 aliphatic heterocycles. The minimum atomic E-state index is -0.218. The van der Waals surface area contributed by atoms with Crippen LogP contribution in [0.1, 0.15) is 19.8 Å². The fourth-order valence-corrected chi connectivity index (χ4v) is 1.14. The topological polar surface area (TPSA) is 38.3 Å². The normalized spacial score (nSPS) is 22.2. The van der Waals surface area contributed by atoms with Crippen LogP contribution in [-0.4, -0.2) is 25.2 Å². The minimum Gasteiger partial charge on any atom is -0.368 e. The van der Waals surface area contributed by atoms with Crippen molar-refractivity contribution in [3.05, 3.63) is 12.2 Å². The molecule has 0 radical (unpaired) electrons. The molecular weight excluding hydrogens is 154 g/mol. The maximum atomic E-state index is 11.3. The highest BCUT2D eigenvalue weighted by atomic mass is 16.5. The molecule has 0 aliphatic carbocycles. The van der Waals surface area contributed by atoms with Gasteiger partial charge in [0.05, 0.1) is 0 Å². The van der Waals surface area contributed by atoms with Crippen LogP contribution in [-0.2, 0) is 9.53 Å². The zero-order valence-corrected chi connectivity index (χ0v) is 7.43. The second kappa shape index (κ2) is 4.26. The lowest BCUT2D eigenvalue weighted by Gasteiger charge is -2.09. The van der Waals surface area contributed by atoms with Crippen molar-refractivity contribution in [1.82, 2.24) is 5.32 Å². The first-order chi connectivity index (χ1) is 5.70. The maximum Gasteiger partial charge on any atom is 0.249 e. The monoisotopic (exact) mass is 169 g/mol. The molecule has 0 bridgehead atoms. The van der Waals surface area contributed by atoms with Crippen molar-refractivity contribution in [2.75, 3.05) is 13.2 Å². The molecule has 0 aromatic heterocycles. The highest BCUT2D eigenvalue weighted by Crippen LogP contribution is 2.11. The van der Waals surface area contributed by atoms with Gasteiger partial charge in [-0.15, -0.1) is 0 Å². The zero-order chi connectivity index (χ0) is 8.97. The van der Waals surface area contributed by atoms with Crippen molar-refractivity contribution < 1.29 is 9.53 Å². The largest absolute Gasteiger partial charge is 0.368 e. The fourth-order valence-electron chi connectivity index (χ4n) is 1.14. The Hall–Kier alpha value is -0.830. The van der Waals surface area contributed by atoms with E-state index in [0.29, 0.717) is 13.2 Å². The van der Waals surface area contributed by atoms with E-state index < -0.39 is 0 Å². The molecule has 1 atom stereocenters. The Morgan fingerprint density at radius 3 is 3.00 bits per heavy atom. The van der Waals surface area contributed by atoms with Gasteiger partial charge in [0.25, 0.3) is 0 Å². The summed E-state index contributed by atoms with van der Waals surface area (Å²) in [6.45, 7) is 6.85. The number of amides is 1. The summed E-state index contributed by atoms with van der Waals surface area (Å²) in [5.41, 5.74) is 0.960. The van der Waals surface area contributed by atoms with Gasteiger partial charge in [0.1, 0.15) is 6.10 Å². The van der Waals surface area contributed by atoms with Crippen LogP contribution in [0.3, 0.4) is 0 Å². The third kappa shape index (κ3) is 2.66. The molecule has 1 heterocycles. The molecule has 1 N–H and O–H groups in total. The molecule has 0 aromatic carbocycles. The van der Waals surface area contributed by atoms with Crippen LogP contribution in [0.2, 0.25) is 0 Å². The van der Waals surface area contributed by atoms with Crippen LogP contribution < -0.4 is 5.32 Å². The number of hydrogen-bond donors (Lipinski definition) is 1. The maximum absolute atomic E-state index is 11.3. The van der Waals surface area contributed by atoms with Gasteiger partial charge < -0.3 is 10.1 Å². The van der Waals surface area contributed by atoms with E-state index >= 15 is 0 Å². The molecule has 1 saturated heterocycles. The summed E-state index contributed by atoms with van der Waals surface area (Å²) >= 11 is 0. The first-order valence-electron chi connectivity index (χ1n) is 4.24. The molecule has 1 aliphatic rings. The summed E-state index contributed by atoms with van der Waals surface area (Å²) in [4.78, 5) is 11.3. The van der Waals surface area contributed by atoms with E-state index in [0.717, 1.165) is 18.4 Å². The van der Waals surface area contributed by atoms with E-state index in [-0.39, 0.29) is 12.0 Å². The lowest BCUT2D eigenvalue weighted by Crippen LogP contribution is -2.34. The number of rotatable bonds is 3. The average molecular weight is 169 g/mol. The van der Waals surface area contributed by atoms with Crippen molar-refractivity contribution >= 4 is 5.91 Å². The summed E-state index contributed by atoms with van der Waals surface area (Å²) in [6.07, 6.45) is 1.62. The molecule has 0 unspecified atom stereocenters. The second-order valence-corrected chi connectivity index (χ2v) is 3.18. The van der Waals surface area contributed by atoms with Crippen LogP contribution in [0.5, 0.6) is 0 Å². The Bertz CT molecular complexity index is 183. The highest BCUT2D eigenvalue weighted by Gasteiger charge is 2.22. The van der Waals surface area contributed by atoms with Crippen molar-refractivity contribution in [3.8, 4) is 0 Å². The number of carbonyl (C=O) groups excluding carboxylic acids is 1. The zero-order valence-electron chi connectivity index (χ0n) is 7.43. The summed E-state index contributed by atoms with van der Waals surface area (Å²) in [6, 6.07) is 0. The first-order valence-corrected chi connectivity index (χ1v) is 4.24. The summed E-state index contributed by atoms with van der Waals surface area (Å²) < 4.78 is 5.21. The van der Waals surface area contributed by atoms with E-state index in [1.54, 1.807) is 0 Å². The standard InChI is InChI=1S/C9H15NO2/c1-7(2)6-10-9(11)8-4-3-5-12-8/h8H,1,3-6H2,2H3,(H,10,11)/t8-/m1/s1. The summed E-state index contributed by atoms with van der Waals surface area (Å²) in [5, 5.41) is 2.76. The predicted octanol–water partition coefficient (Wildman–Crippen LogP) is 0.858. The molecule has 3 nitrogen and oxygen atoms in total. The SMILES string of the molecule is C=C(C)CNC(=O)[C@H]1CCCO1. The first kappa shape index (κ1) is 9.26. The third-order valence-electron chi connectivity index (χ3n) is 1.79. The Morgan fingerprint density at radius 2 is 2.50 bits per heavy atom. The molecule has 12 heavy (non-hydrogen) atoms. The van der Waals surface area contributed by atoms with E-state index in [1.165, 1.54) is 0 Å². The van der Waals surface area contributed by atoms with Crippen LogP contribution >= 0.6 is 0 Å². The predicted molar refractivity (Wildman–Crippen MR) is 46.8 cm³/mol. The molecule has 0 aromatic rings. The average Bonchev–Trinajstić information content (AvgIpc) is 2.51. The Morgan fingerprint density at radius 1 is 1.75 bits per heavy atom. The van der Waals surface area contributed by atoms with Gasteiger partial charge in [-0.1, -0.05) is 12.2 Å². The van der Waals surface area contributed by atoms with E-state index in [2.05, 4.69) is 11.9 Å². The van der Waals surface area contributed by atoms with Crippen molar-refractivity contribution in [2.24, 2.45) is 0 Å². The fraction of sp³-hybridized carbons (Fsp3) is 0.667. The van der Waals surface area contributed by atoms with Crippen LogP contribution in [0, 0.1) is 0 Å². The van der Waals surface area contributed by atoms with Gasteiger partial charge in [-0.25, -0.2) is 0 Å². The molecule has 68 valence electrons. The van der Waals surface area contributed by atoms with Crippen molar-refractivity contribution in [1.29, 1.82) is 0 Å². The van der Waals surface area contributed by atoms with Crippen LogP contribution in [0.15, 0.2) is 12.2 Å². The lowest BCUT2D eigenvalue weighted by molar-refractivity contribution is -0.129. The number of carbonyl (C=O) groups is 1. The van der Waals surface area contributed by atoms with Crippen LogP contribution in [0.4, 0.5) is 0 Å². The van der Waals surface area contributed by atoms with Gasteiger partial charge in [0.2, 0.25) is 5.91 Å². The number of nitrogens with one attached hydrogen (secondary N) is 1. The second-order valence-electron chi connectivity index (χ2n) is 3.18.